The number of nitrogens with one attached hydrogen (secondary N) is 3. The highest BCUT2D eigenvalue weighted by atomic mass is 35.5. The van der Waals surface area contributed by atoms with Gasteiger partial charge in [0.05, 0.1) is 37.0 Å². The standard InChI is InChI=1S/C23H24ClFN6O3/c1-3-34-21(32)8-9-31-19-6-4-15(10-14(19)12-27-31)29-23-26-13-18(25)22(30-23)28-16-5-7-20(33-2)17(24)11-16/h4-7,10-11,13,27H,3,8-9,12H2,1-2H3,(H2,26,28,29,30). The van der Waals surface area contributed by atoms with Crippen molar-refractivity contribution in [3.8, 4) is 5.75 Å². The van der Waals surface area contributed by atoms with Crippen molar-refractivity contribution in [3.05, 3.63) is 59.0 Å². The average Bonchev–Trinajstić information content (AvgIpc) is 3.22. The second-order valence-electron chi connectivity index (χ2n) is 7.37. The first-order valence-electron chi connectivity index (χ1n) is 10.7. The lowest BCUT2D eigenvalue weighted by atomic mass is 10.1. The molecule has 0 aliphatic carbocycles. The van der Waals surface area contributed by atoms with Crippen LogP contribution in [0.2, 0.25) is 5.02 Å². The smallest absolute Gasteiger partial charge is 0.307 e. The Balaban J connectivity index is 1.44. The van der Waals surface area contributed by atoms with Crippen LogP contribution in [-0.2, 0) is 16.1 Å². The molecule has 11 heteroatoms. The largest absolute Gasteiger partial charge is 0.495 e. The van der Waals surface area contributed by atoms with Gasteiger partial charge in [0.15, 0.2) is 11.6 Å². The number of aromatic nitrogens is 2. The minimum absolute atomic E-state index is 0.00620. The van der Waals surface area contributed by atoms with Gasteiger partial charge in [0.2, 0.25) is 5.95 Å². The fourth-order valence-electron chi connectivity index (χ4n) is 3.49. The molecule has 1 aliphatic heterocycles. The third kappa shape index (κ3) is 5.46. The minimum atomic E-state index is -0.604. The summed E-state index contributed by atoms with van der Waals surface area (Å²) in [5.41, 5.74) is 6.58. The molecule has 0 atom stereocenters. The summed E-state index contributed by atoms with van der Waals surface area (Å²) >= 11 is 6.14. The maximum atomic E-state index is 14.3. The van der Waals surface area contributed by atoms with E-state index in [1.807, 2.05) is 23.2 Å². The first kappa shape index (κ1) is 23.5. The number of carbonyl (C=O) groups is 1. The Morgan fingerprint density at radius 1 is 1.24 bits per heavy atom. The van der Waals surface area contributed by atoms with Gasteiger partial charge in [-0.3, -0.25) is 4.79 Å². The van der Waals surface area contributed by atoms with Gasteiger partial charge < -0.3 is 25.1 Å². The number of methoxy groups -OCH3 is 1. The van der Waals surface area contributed by atoms with Crippen LogP contribution in [0.1, 0.15) is 18.9 Å². The number of esters is 1. The summed E-state index contributed by atoms with van der Waals surface area (Å²) in [6, 6.07) is 10.8. The van der Waals surface area contributed by atoms with Crippen molar-refractivity contribution in [1.82, 2.24) is 15.4 Å². The van der Waals surface area contributed by atoms with Crippen LogP contribution in [0.25, 0.3) is 0 Å². The Bertz CT molecular complexity index is 1200. The molecule has 3 aromatic rings. The lowest BCUT2D eigenvalue weighted by molar-refractivity contribution is -0.142. The zero-order valence-corrected chi connectivity index (χ0v) is 19.4. The molecular formula is C23H24ClFN6O3. The molecular weight excluding hydrogens is 463 g/mol. The number of ether oxygens (including phenoxy) is 2. The number of rotatable bonds is 9. The molecule has 0 spiro atoms. The third-order valence-corrected chi connectivity index (χ3v) is 5.39. The fourth-order valence-corrected chi connectivity index (χ4v) is 3.75. The van der Waals surface area contributed by atoms with Crippen LogP contribution in [0.5, 0.6) is 5.75 Å². The first-order valence-corrected chi connectivity index (χ1v) is 11.0. The van der Waals surface area contributed by atoms with Crippen LogP contribution >= 0.6 is 11.6 Å². The second kappa shape index (κ2) is 10.5. The zero-order valence-electron chi connectivity index (χ0n) is 18.7. The van der Waals surface area contributed by atoms with Crippen LogP contribution in [0.4, 0.5) is 33.2 Å². The molecule has 0 unspecified atom stereocenters. The van der Waals surface area contributed by atoms with Gasteiger partial charge in [-0.2, -0.15) is 4.98 Å². The van der Waals surface area contributed by atoms with E-state index in [-0.39, 0.29) is 17.7 Å². The van der Waals surface area contributed by atoms with Gasteiger partial charge in [-0.05, 0) is 48.9 Å². The molecule has 0 fully saturated rings. The molecule has 2 aromatic carbocycles. The van der Waals surface area contributed by atoms with Crippen molar-refractivity contribution in [2.75, 3.05) is 35.9 Å². The van der Waals surface area contributed by atoms with Crippen molar-refractivity contribution in [2.24, 2.45) is 0 Å². The van der Waals surface area contributed by atoms with Crippen molar-refractivity contribution < 1.29 is 18.7 Å². The van der Waals surface area contributed by atoms with Crippen molar-refractivity contribution in [2.45, 2.75) is 19.9 Å². The molecule has 1 aliphatic rings. The number of hydrogen-bond acceptors (Lipinski definition) is 9. The number of carbonyl (C=O) groups excluding carboxylic acids is 1. The molecule has 0 bridgehead atoms. The summed E-state index contributed by atoms with van der Waals surface area (Å²) in [5.74, 6) is -0.0812. The van der Waals surface area contributed by atoms with E-state index < -0.39 is 5.82 Å². The van der Waals surface area contributed by atoms with E-state index in [2.05, 4.69) is 26.0 Å². The normalized spacial score (nSPS) is 12.3. The number of hydrogen-bond donors (Lipinski definition) is 3. The molecule has 178 valence electrons. The number of fused-ring (bicyclic) bond motifs is 1. The van der Waals surface area contributed by atoms with Crippen LogP contribution in [0, 0.1) is 5.82 Å². The van der Waals surface area contributed by atoms with E-state index >= 15 is 0 Å². The minimum Gasteiger partial charge on any atom is -0.495 e. The third-order valence-electron chi connectivity index (χ3n) is 5.09. The van der Waals surface area contributed by atoms with Gasteiger partial charge in [0.1, 0.15) is 5.75 Å². The van der Waals surface area contributed by atoms with Crippen LogP contribution in [0.15, 0.2) is 42.6 Å². The quantitative estimate of drug-likeness (QED) is 0.376. The van der Waals surface area contributed by atoms with E-state index in [4.69, 9.17) is 21.1 Å². The van der Waals surface area contributed by atoms with E-state index in [0.29, 0.717) is 42.6 Å². The SMILES string of the molecule is CCOC(=O)CCN1NCc2cc(Nc3ncc(F)c(Nc4ccc(OC)c(Cl)c4)n3)ccc21. The summed E-state index contributed by atoms with van der Waals surface area (Å²) in [6.45, 7) is 3.27. The number of nitrogens with zero attached hydrogens (tertiary/aromatic N) is 3. The van der Waals surface area contributed by atoms with E-state index in [0.717, 1.165) is 23.1 Å². The Kier molecular flexibility index (Phi) is 7.29. The van der Waals surface area contributed by atoms with Crippen molar-refractivity contribution >= 4 is 46.4 Å². The monoisotopic (exact) mass is 486 g/mol. The predicted octanol–water partition coefficient (Wildman–Crippen LogP) is 4.54. The van der Waals surface area contributed by atoms with Gasteiger partial charge in [-0.15, -0.1) is 0 Å². The summed E-state index contributed by atoms with van der Waals surface area (Å²) in [5, 5.41) is 8.33. The van der Waals surface area contributed by atoms with Crippen molar-refractivity contribution in [1.29, 1.82) is 0 Å². The summed E-state index contributed by atoms with van der Waals surface area (Å²) in [4.78, 5) is 19.9. The summed E-state index contributed by atoms with van der Waals surface area (Å²) < 4.78 is 24.4. The molecule has 9 nitrogen and oxygen atoms in total. The second-order valence-corrected chi connectivity index (χ2v) is 7.78. The van der Waals surface area contributed by atoms with E-state index in [1.54, 1.807) is 25.1 Å². The highest BCUT2D eigenvalue weighted by Gasteiger charge is 2.20. The molecule has 0 amide bonds. The molecule has 0 saturated heterocycles. The summed E-state index contributed by atoms with van der Waals surface area (Å²) in [7, 11) is 1.52. The molecule has 2 heterocycles. The molecule has 1 aromatic heterocycles. The molecule has 0 saturated carbocycles. The topological polar surface area (TPSA) is 101 Å². The zero-order chi connectivity index (χ0) is 24.1. The maximum Gasteiger partial charge on any atom is 0.307 e. The highest BCUT2D eigenvalue weighted by Crippen LogP contribution is 2.31. The van der Waals surface area contributed by atoms with Crippen LogP contribution < -0.4 is 25.8 Å². The Morgan fingerprint density at radius 2 is 2.03 bits per heavy atom. The van der Waals surface area contributed by atoms with Gasteiger partial charge in [-0.1, -0.05) is 11.6 Å². The number of anilines is 5. The molecule has 4 rings (SSSR count). The highest BCUT2D eigenvalue weighted by molar-refractivity contribution is 6.32. The van der Waals surface area contributed by atoms with Crippen LogP contribution in [0.3, 0.4) is 0 Å². The Hall–Kier alpha value is -3.63. The van der Waals surface area contributed by atoms with E-state index in [1.165, 1.54) is 7.11 Å². The molecule has 0 radical (unpaired) electrons. The lowest BCUT2D eigenvalue weighted by Crippen LogP contribution is -2.34. The lowest BCUT2D eigenvalue weighted by Gasteiger charge is -2.19. The van der Waals surface area contributed by atoms with E-state index in [9.17, 15) is 9.18 Å². The van der Waals surface area contributed by atoms with Gasteiger partial charge in [-0.25, -0.2) is 14.8 Å². The summed E-state index contributed by atoms with van der Waals surface area (Å²) in [6.07, 6.45) is 1.38. The van der Waals surface area contributed by atoms with Crippen LogP contribution in [-0.4, -0.2) is 36.2 Å². The fraction of sp³-hybridized carbons (Fsp3) is 0.261. The van der Waals surface area contributed by atoms with Crippen molar-refractivity contribution in [3.63, 3.8) is 0 Å². The predicted molar refractivity (Wildman–Crippen MR) is 128 cm³/mol. The van der Waals surface area contributed by atoms with Gasteiger partial charge in [0, 0.05) is 24.5 Å². The number of halogens is 2. The van der Waals surface area contributed by atoms with Gasteiger partial charge >= 0.3 is 5.97 Å². The van der Waals surface area contributed by atoms with Gasteiger partial charge in [0.25, 0.3) is 0 Å². The Labute approximate surface area is 201 Å². The Morgan fingerprint density at radius 3 is 2.79 bits per heavy atom. The number of hydrazine groups is 1. The average molecular weight is 487 g/mol. The molecule has 34 heavy (non-hydrogen) atoms. The first-order chi connectivity index (χ1) is 16.5. The number of benzene rings is 2. The maximum absolute atomic E-state index is 14.3. The molecule has 3 N–H and O–H groups in total.